The Hall–Kier alpha value is -1.02. The van der Waals surface area contributed by atoms with Gasteiger partial charge in [-0.15, -0.1) is 0 Å². The standard InChI is InChI=1S/C16H27NO/c1-4-5-8-17-9-6-7-10-18-16-12-14(2)11-15(3)13-16/h11-13,17H,4-10H2,1-3H3/p+1. The molecule has 0 amide bonds. The quantitative estimate of drug-likeness (QED) is 0.670. The fourth-order valence-corrected chi connectivity index (χ4v) is 2.09. The summed E-state index contributed by atoms with van der Waals surface area (Å²) in [6.07, 6.45) is 5.02. The lowest BCUT2D eigenvalue weighted by atomic mass is 10.1. The SMILES string of the molecule is CCCC[NH2+]CCCCOc1cc(C)cc(C)c1. The van der Waals surface area contributed by atoms with Crippen LogP contribution in [0, 0.1) is 13.8 Å². The molecule has 0 saturated heterocycles. The van der Waals surface area contributed by atoms with E-state index in [0.717, 1.165) is 18.8 Å². The van der Waals surface area contributed by atoms with E-state index in [1.54, 1.807) is 0 Å². The molecule has 0 aromatic heterocycles. The molecule has 2 heteroatoms. The van der Waals surface area contributed by atoms with E-state index in [4.69, 9.17) is 4.74 Å². The third-order valence-electron chi connectivity index (χ3n) is 3.03. The van der Waals surface area contributed by atoms with Crippen LogP contribution in [0.2, 0.25) is 0 Å². The second kappa shape index (κ2) is 8.98. The number of unbranched alkanes of at least 4 members (excludes halogenated alkanes) is 2. The van der Waals surface area contributed by atoms with E-state index in [9.17, 15) is 0 Å². The number of hydrogen-bond donors (Lipinski definition) is 1. The van der Waals surface area contributed by atoms with Gasteiger partial charge in [0, 0.05) is 0 Å². The summed E-state index contributed by atoms with van der Waals surface area (Å²) in [6.45, 7) is 9.81. The topological polar surface area (TPSA) is 25.8 Å². The van der Waals surface area contributed by atoms with E-state index in [0.29, 0.717) is 0 Å². The molecule has 0 bridgehead atoms. The van der Waals surface area contributed by atoms with Crippen LogP contribution in [0.5, 0.6) is 5.75 Å². The molecule has 0 aliphatic rings. The third-order valence-corrected chi connectivity index (χ3v) is 3.03. The summed E-state index contributed by atoms with van der Waals surface area (Å²) in [5.74, 6) is 1.02. The molecule has 18 heavy (non-hydrogen) atoms. The molecule has 0 heterocycles. The second-order valence-corrected chi connectivity index (χ2v) is 5.10. The molecule has 0 saturated carbocycles. The molecule has 102 valence electrons. The Labute approximate surface area is 112 Å². The lowest BCUT2D eigenvalue weighted by Gasteiger charge is -2.08. The molecule has 1 aromatic carbocycles. The van der Waals surface area contributed by atoms with E-state index in [-0.39, 0.29) is 0 Å². The molecular formula is C16H28NO+. The normalized spacial score (nSPS) is 10.6. The first-order valence-electron chi connectivity index (χ1n) is 7.25. The summed E-state index contributed by atoms with van der Waals surface area (Å²) < 4.78 is 5.78. The van der Waals surface area contributed by atoms with E-state index < -0.39 is 0 Å². The van der Waals surface area contributed by atoms with Crippen LogP contribution in [-0.2, 0) is 0 Å². The molecule has 0 atom stereocenters. The van der Waals surface area contributed by atoms with Crippen molar-refractivity contribution in [2.24, 2.45) is 0 Å². The van der Waals surface area contributed by atoms with E-state index in [1.165, 1.54) is 43.5 Å². The first-order valence-corrected chi connectivity index (χ1v) is 7.25. The van der Waals surface area contributed by atoms with E-state index >= 15 is 0 Å². The van der Waals surface area contributed by atoms with Crippen LogP contribution >= 0.6 is 0 Å². The molecule has 0 spiro atoms. The molecule has 0 aliphatic carbocycles. The van der Waals surface area contributed by atoms with Crippen LogP contribution in [0.1, 0.15) is 43.7 Å². The summed E-state index contributed by atoms with van der Waals surface area (Å²) >= 11 is 0. The van der Waals surface area contributed by atoms with Crippen molar-refractivity contribution >= 4 is 0 Å². The lowest BCUT2D eigenvalue weighted by molar-refractivity contribution is -0.655. The van der Waals surface area contributed by atoms with Crippen LogP contribution in [0.4, 0.5) is 0 Å². The molecule has 2 N–H and O–H groups in total. The highest BCUT2D eigenvalue weighted by Crippen LogP contribution is 2.16. The first kappa shape index (κ1) is 15.0. The largest absolute Gasteiger partial charge is 0.494 e. The van der Waals surface area contributed by atoms with Gasteiger partial charge in [0.15, 0.2) is 0 Å². The third kappa shape index (κ3) is 6.65. The smallest absolute Gasteiger partial charge is 0.119 e. The maximum atomic E-state index is 5.78. The van der Waals surface area contributed by atoms with Crippen molar-refractivity contribution in [3.8, 4) is 5.75 Å². The van der Waals surface area contributed by atoms with E-state index in [1.807, 2.05) is 0 Å². The average molecular weight is 250 g/mol. The predicted molar refractivity (Wildman–Crippen MR) is 77.2 cm³/mol. The van der Waals surface area contributed by atoms with Gasteiger partial charge < -0.3 is 10.1 Å². The van der Waals surface area contributed by atoms with Gasteiger partial charge in [0.2, 0.25) is 0 Å². The lowest BCUT2D eigenvalue weighted by Crippen LogP contribution is -2.84. The second-order valence-electron chi connectivity index (χ2n) is 5.10. The fraction of sp³-hybridized carbons (Fsp3) is 0.625. The highest BCUT2D eigenvalue weighted by molar-refractivity contribution is 5.32. The Kier molecular flexibility index (Phi) is 7.51. The molecule has 0 fully saturated rings. The molecule has 0 radical (unpaired) electrons. The summed E-state index contributed by atoms with van der Waals surface area (Å²) in [7, 11) is 0. The minimum absolute atomic E-state index is 0.838. The van der Waals surface area contributed by atoms with Gasteiger partial charge in [-0.25, -0.2) is 0 Å². The van der Waals surface area contributed by atoms with E-state index in [2.05, 4.69) is 44.3 Å². The number of aryl methyl sites for hydroxylation is 2. The molecular weight excluding hydrogens is 222 g/mol. The number of hydrogen-bond acceptors (Lipinski definition) is 1. The molecule has 2 nitrogen and oxygen atoms in total. The van der Waals surface area contributed by atoms with Crippen molar-refractivity contribution < 1.29 is 10.1 Å². The number of benzene rings is 1. The highest BCUT2D eigenvalue weighted by atomic mass is 16.5. The zero-order valence-electron chi connectivity index (χ0n) is 12.2. The van der Waals surface area contributed by atoms with Crippen molar-refractivity contribution in [2.45, 2.75) is 46.5 Å². The highest BCUT2D eigenvalue weighted by Gasteiger charge is 1.97. The number of nitrogens with two attached hydrogens (primary N) is 1. The fourth-order valence-electron chi connectivity index (χ4n) is 2.09. The summed E-state index contributed by atoms with van der Waals surface area (Å²) in [5, 5.41) is 2.42. The van der Waals surface area contributed by atoms with Gasteiger partial charge in [-0.2, -0.15) is 0 Å². The van der Waals surface area contributed by atoms with Crippen LogP contribution in [0.15, 0.2) is 18.2 Å². The minimum atomic E-state index is 0.838. The van der Waals surface area contributed by atoms with Gasteiger partial charge in [-0.3, -0.25) is 0 Å². The van der Waals surface area contributed by atoms with Gasteiger partial charge >= 0.3 is 0 Å². The van der Waals surface area contributed by atoms with Gasteiger partial charge in [-0.05, 0) is 56.4 Å². The Bertz CT molecular complexity index is 316. The van der Waals surface area contributed by atoms with Crippen LogP contribution in [0.25, 0.3) is 0 Å². The Morgan fingerprint density at radius 1 is 0.944 bits per heavy atom. The van der Waals surface area contributed by atoms with Gasteiger partial charge in [0.1, 0.15) is 5.75 Å². The Morgan fingerprint density at radius 2 is 1.61 bits per heavy atom. The predicted octanol–water partition coefficient (Wildman–Crippen LogP) is 2.83. The van der Waals surface area contributed by atoms with Crippen molar-refractivity contribution in [1.82, 2.24) is 0 Å². The number of ether oxygens (including phenoxy) is 1. The van der Waals surface area contributed by atoms with Crippen LogP contribution < -0.4 is 10.1 Å². The Balaban J connectivity index is 2.07. The Morgan fingerprint density at radius 3 is 2.28 bits per heavy atom. The van der Waals surface area contributed by atoms with Gasteiger partial charge in [-0.1, -0.05) is 19.4 Å². The van der Waals surface area contributed by atoms with Gasteiger partial charge in [0.05, 0.1) is 19.7 Å². The van der Waals surface area contributed by atoms with Gasteiger partial charge in [0.25, 0.3) is 0 Å². The number of rotatable bonds is 9. The van der Waals surface area contributed by atoms with Crippen molar-refractivity contribution in [3.05, 3.63) is 29.3 Å². The maximum absolute atomic E-state index is 5.78. The molecule has 0 aliphatic heterocycles. The average Bonchev–Trinajstić information content (AvgIpc) is 2.31. The molecule has 1 aromatic rings. The molecule has 1 rings (SSSR count). The zero-order valence-corrected chi connectivity index (χ0v) is 12.2. The van der Waals surface area contributed by atoms with Crippen LogP contribution in [0.3, 0.4) is 0 Å². The maximum Gasteiger partial charge on any atom is 0.119 e. The van der Waals surface area contributed by atoms with Crippen molar-refractivity contribution in [1.29, 1.82) is 0 Å². The zero-order chi connectivity index (χ0) is 13.2. The van der Waals surface area contributed by atoms with Crippen molar-refractivity contribution in [3.63, 3.8) is 0 Å². The van der Waals surface area contributed by atoms with Crippen molar-refractivity contribution in [2.75, 3.05) is 19.7 Å². The minimum Gasteiger partial charge on any atom is -0.494 e. The monoisotopic (exact) mass is 250 g/mol. The summed E-state index contributed by atoms with van der Waals surface area (Å²) in [4.78, 5) is 0. The summed E-state index contributed by atoms with van der Waals surface area (Å²) in [5.41, 5.74) is 2.55. The molecule has 0 unspecified atom stereocenters. The first-order chi connectivity index (χ1) is 8.72. The number of quaternary nitrogens is 1. The summed E-state index contributed by atoms with van der Waals surface area (Å²) in [6, 6.07) is 6.40. The van der Waals surface area contributed by atoms with Crippen LogP contribution in [-0.4, -0.2) is 19.7 Å².